The smallest absolute Gasteiger partial charge is 0.237 e. The zero-order valence-corrected chi connectivity index (χ0v) is 7.10. The summed E-state index contributed by atoms with van der Waals surface area (Å²) in [4.78, 5) is 32.9. The van der Waals surface area contributed by atoms with E-state index >= 15 is 0 Å². The van der Waals surface area contributed by atoms with Crippen molar-refractivity contribution in [1.29, 1.82) is 0 Å². The molecule has 0 radical (unpaired) electrons. The van der Waals surface area contributed by atoms with E-state index in [0.29, 0.717) is 0 Å². The third-order valence-corrected chi connectivity index (χ3v) is 1.42. The Morgan fingerprint density at radius 3 is 2.42 bits per heavy atom. The van der Waals surface area contributed by atoms with E-state index in [-0.39, 0.29) is 43.6 Å². The fraction of sp³-hybridized carbons (Fsp3) is 0.500. The Labute approximate surface area is 75.3 Å². The highest BCUT2D eigenvalue weighted by molar-refractivity contribution is 6.06. The molecule has 12 heavy (non-hydrogen) atoms. The lowest BCUT2D eigenvalue weighted by atomic mass is 10.3. The van der Waals surface area contributed by atoms with Crippen molar-refractivity contribution in [3.05, 3.63) is 0 Å². The molecule has 1 rings (SSSR count). The van der Waals surface area contributed by atoms with Gasteiger partial charge < -0.3 is 10.6 Å². The number of hydrogen-bond acceptors (Lipinski definition) is 3. The van der Waals surface area contributed by atoms with Crippen LogP contribution >= 0.6 is 12.4 Å². The molecule has 2 N–H and O–H groups in total. The topological polar surface area (TPSA) is 80.5 Å². The highest BCUT2D eigenvalue weighted by Crippen LogP contribution is 2.04. The highest BCUT2D eigenvalue weighted by Gasteiger charge is 2.27. The first-order valence-electron chi connectivity index (χ1n) is 3.17. The number of Topliss-reactive ketones (excluding diaryl/α,β-unsaturated/α-hetero) is 1. The van der Waals surface area contributed by atoms with E-state index in [4.69, 9.17) is 5.73 Å². The maximum Gasteiger partial charge on any atom is 0.237 e. The molecule has 68 valence electrons. The summed E-state index contributed by atoms with van der Waals surface area (Å²) < 4.78 is 0. The summed E-state index contributed by atoms with van der Waals surface area (Å²) in [7, 11) is 0. The van der Waals surface area contributed by atoms with E-state index < -0.39 is 5.91 Å². The van der Waals surface area contributed by atoms with E-state index in [1.165, 1.54) is 0 Å². The number of hydrogen-bond donors (Lipinski definition) is 1. The van der Waals surface area contributed by atoms with Gasteiger partial charge in [-0.1, -0.05) is 0 Å². The summed E-state index contributed by atoms with van der Waals surface area (Å²) in [6.07, 6.45) is -0.0900. The van der Waals surface area contributed by atoms with Crippen LogP contribution in [0.2, 0.25) is 0 Å². The molecular formula is C6H9ClN2O3. The summed E-state index contributed by atoms with van der Waals surface area (Å²) in [5.74, 6) is -1.06. The van der Waals surface area contributed by atoms with Crippen LogP contribution in [0.5, 0.6) is 0 Å². The van der Waals surface area contributed by atoms with Crippen LogP contribution < -0.4 is 5.73 Å². The number of likely N-dealkylation sites (tertiary alicyclic amines) is 1. The standard InChI is InChI=1S/C6H8N2O3.ClH/c7-5(10)3-8-2-4(9)1-6(8)11;/h1-3H2,(H2,7,10);1H. The SMILES string of the molecule is Cl.NC(=O)CN1CC(=O)CC1=O. The summed E-state index contributed by atoms with van der Waals surface area (Å²) >= 11 is 0. The number of carbonyl (C=O) groups excluding carboxylic acids is 3. The molecule has 0 spiro atoms. The molecule has 2 amide bonds. The van der Waals surface area contributed by atoms with Gasteiger partial charge in [-0.25, -0.2) is 0 Å². The lowest BCUT2D eigenvalue weighted by Gasteiger charge is -2.10. The van der Waals surface area contributed by atoms with E-state index in [9.17, 15) is 14.4 Å². The molecule has 0 aromatic carbocycles. The maximum absolute atomic E-state index is 10.8. The third kappa shape index (κ3) is 2.50. The quantitative estimate of drug-likeness (QED) is 0.552. The molecule has 0 atom stereocenters. The van der Waals surface area contributed by atoms with Crippen LogP contribution in [-0.4, -0.2) is 35.6 Å². The second-order valence-corrected chi connectivity index (χ2v) is 2.43. The molecule has 0 aromatic rings. The van der Waals surface area contributed by atoms with Crippen molar-refractivity contribution >= 4 is 30.0 Å². The van der Waals surface area contributed by atoms with Gasteiger partial charge in [-0.15, -0.1) is 12.4 Å². The molecule has 0 aliphatic carbocycles. The highest BCUT2D eigenvalue weighted by atomic mass is 35.5. The number of nitrogens with zero attached hydrogens (tertiary/aromatic N) is 1. The molecular weight excluding hydrogens is 184 g/mol. The largest absolute Gasteiger partial charge is 0.368 e. The van der Waals surface area contributed by atoms with Crippen LogP contribution in [-0.2, 0) is 14.4 Å². The number of carbonyl (C=O) groups is 3. The van der Waals surface area contributed by atoms with Crippen molar-refractivity contribution in [2.75, 3.05) is 13.1 Å². The van der Waals surface area contributed by atoms with Gasteiger partial charge in [-0.3, -0.25) is 14.4 Å². The molecule has 1 saturated heterocycles. The molecule has 0 aromatic heterocycles. The second kappa shape index (κ2) is 4.06. The van der Waals surface area contributed by atoms with Crippen LogP contribution in [0.25, 0.3) is 0 Å². The third-order valence-electron chi connectivity index (χ3n) is 1.42. The van der Waals surface area contributed by atoms with E-state index in [1.54, 1.807) is 0 Å². The summed E-state index contributed by atoms with van der Waals surface area (Å²) in [6.45, 7) is -0.119. The van der Waals surface area contributed by atoms with Gasteiger partial charge in [-0.2, -0.15) is 0 Å². The fourth-order valence-electron chi connectivity index (χ4n) is 0.970. The molecule has 0 unspecified atom stereocenters. The Hall–Kier alpha value is -1.10. The number of ketones is 1. The molecule has 1 fully saturated rings. The van der Waals surface area contributed by atoms with Gasteiger partial charge in [0.05, 0.1) is 19.5 Å². The minimum atomic E-state index is -0.590. The van der Waals surface area contributed by atoms with Crippen LogP contribution in [0.4, 0.5) is 0 Å². The van der Waals surface area contributed by atoms with Crippen molar-refractivity contribution < 1.29 is 14.4 Å². The van der Waals surface area contributed by atoms with Gasteiger partial charge in [0.15, 0.2) is 5.78 Å². The van der Waals surface area contributed by atoms with Crippen LogP contribution in [0.3, 0.4) is 0 Å². The first-order valence-corrected chi connectivity index (χ1v) is 3.17. The molecule has 0 saturated carbocycles. The zero-order chi connectivity index (χ0) is 8.43. The number of primary amides is 1. The van der Waals surface area contributed by atoms with E-state index in [2.05, 4.69) is 0 Å². The maximum atomic E-state index is 10.8. The van der Waals surface area contributed by atoms with Crippen LogP contribution in [0.1, 0.15) is 6.42 Å². The van der Waals surface area contributed by atoms with Gasteiger partial charge in [0.1, 0.15) is 0 Å². The minimum Gasteiger partial charge on any atom is -0.368 e. The molecule has 1 aliphatic rings. The van der Waals surface area contributed by atoms with Crippen molar-refractivity contribution in [2.24, 2.45) is 5.73 Å². The lowest BCUT2D eigenvalue weighted by Crippen LogP contribution is -2.34. The Morgan fingerprint density at radius 1 is 1.50 bits per heavy atom. The van der Waals surface area contributed by atoms with Crippen LogP contribution in [0.15, 0.2) is 0 Å². The molecule has 1 heterocycles. The average Bonchev–Trinajstić information content (AvgIpc) is 2.09. The van der Waals surface area contributed by atoms with Crippen molar-refractivity contribution in [3.8, 4) is 0 Å². The molecule has 0 bridgehead atoms. The predicted molar refractivity (Wildman–Crippen MR) is 42.6 cm³/mol. The molecule has 6 heteroatoms. The Kier molecular flexibility index (Phi) is 3.69. The van der Waals surface area contributed by atoms with Gasteiger partial charge in [0.2, 0.25) is 11.8 Å². The van der Waals surface area contributed by atoms with Gasteiger partial charge in [-0.05, 0) is 0 Å². The van der Waals surface area contributed by atoms with Crippen LogP contribution in [0, 0.1) is 0 Å². The normalized spacial score (nSPS) is 16.2. The first kappa shape index (κ1) is 10.9. The van der Waals surface area contributed by atoms with Crippen molar-refractivity contribution in [2.45, 2.75) is 6.42 Å². The fourth-order valence-corrected chi connectivity index (χ4v) is 0.970. The van der Waals surface area contributed by atoms with E-state index in [0.717, 1.165) is 4.90 Å². The minimum absolute atomic E-state index is 0. The van der Waals surface area contributed by atoms with E-state index in [1.807, 2.05) is 0 Å². The van der Waals surface area contributed by atoms with Crippen molar-refractivity contribution in [1.82, 2.24) is 4.90 Å². The average molecular weight is 193 g/mol. The Balaban J connectivity index is 0.00000121. The molecule has 1 aliphatic heterocycles. The number of rotatable bonds is 2. The van der Waals surface area contributed by atoms with Crippen molar-refractivity contribution in [3.63, 3.8) is 0 Å². The summed E-state index contributed by atoms with van der Waals surface area (Å²) in [5.41, 5.74) is 4.84. The lowest BCUT2D eigenvalue weighted by molar-refractivity contribution is -0.132. The Morgan fingerprint density at radius 2 is 2.08 bits per heavy atom. The zero-order valence-electron chi connectivity index (χ0n) is 6.28. The van der Waals surface area contributed by atoms with Gasteiger partial charge >= 0.3 is 0 Å². The number of amides is 2. The first-order chi connectivity index (χ1) is 5.09. The summed E-state index contributed by atoms with van der Waals surface area (Å²) in [5, 5.41) is 0. The predicted octanol–water partition coefficient (Wildman–Crippen LogP) is -1.31. The second-order valence-electron chi connectivity index (χ2n) is 2.43. The number of halogens is 1. The van der Waals surface area contributed by atoms with Gasteiger partial charge in [0.25, 0.3) is 0 Å². The summed E-state index contributed by atoms with van der Waals surface area (Å²) in [6, 6.07) is 0. The number of nitrogens with two attached hydrogens (primary N) is 1. The van der Waals surface area contributed by atoms with Gasteiger partial charge in [0, 0.05) is 0 Å². The molecule has 5 nitrogen and oxygen atoms in total. The Bertz CT molecular complexity index is 229. The monoisotopic (exact) mass is 192 g/mol.